The van der Waals surface area contributed by atoms with Gasteiger partial charge < -0.3 is 50.0 Å². The van der Waals surface area contributed by atoms with Crippen LogP contribution >= 0.6 is 11.8 Å². The third kappa shape index (κ3) is 3.86. The average molecular weight is 372 g/mol. The highest BCUT2D eigenvalue weighted by Crippen LogP contribution is 2.31. The lowest BCUT2D eigenvalue weighted by Gasteiger charge is -2.45. The summed E-state index contributed by atoms with van der Waals surface area (Å²) in [5, 5.41) is 68.3. The number of rotatable bonds is 5. The molecule has 0 bridgehead atoms. The number of hydrogen-bond donors (Lipinski definition) is 7. The molecule has 0 aliphatic carbocycles. The molecule has 2 aliphatic rings. The molecule has 0 aromatic heterocycles. The van der Waals surface area contributed by atoms with E-state index in [-0.39, 0.29) is 0 Å². The molecule has 0 aromatic carbocycles. The maximum Gasteiger partial charge on any atom is 0.187 e. The fourth-order valence-electron chi connectivity index (χ4n) is 2.75. The molecule has 7 N–H and O–H groups in total. The summed E-state index contributed by atoms with van der Waals surface area (Å²) in [5.41, 5.74) is -0.771. The Balaban J connectivity index is 2.12. The smallest absolute Gasteiger partial charge is 0.187 e. The molecule has 0 amide bonds. The second-order valence-corrected chi connectivity index (χ2v) is 6.68. The first kappa shape index (κ1) is 20.3. The Labute approximate surface area is 142 Å². The second-order valence-electron chi connectivity index (χ2n) is 5.74. The van der Waals surface area contributed by atoms with Gasteiger partial charge in [0.15, 0.2) is 6.29 Å². The molecule has 10 nitrogen and oxygen atoms in total. The molecule has 2 aliphatic heterocycles. The topological polar surface area (TPSA) is 169 Å². The summed E-state index contributed by atoms with van der Waals surface area (Å²) in [4.78, 5) is 0. The van der Waals surface area contributed by atoms with E-state index in [9.17, 15) is 30.6 Å². The van der Waals surface area contributed by atoms with E-state index in [1.807, 2.05) is 0 Å². The molecule has 11 heteroatoms. The molecule has 0 spiro atoms. The van der Waals surface area contributed by atoms with Gasteiger partial charge in [0, 0.05) is 0 Å². The Morgan fingerprint density at radius 1 is 0.792 bits per heavy atom. The van der Waals surface area contributed by atoms with Gasteiger partial charge in [-0.1, -0.05) is 0 Å². The zero-order chi connectivity index (χ0) is 18.0. The van der Waals surface area contributed by atoms with Crippen LogP contribution < -0.4 is 0 Å². The third-order valence-electron chi connectivity index (χ3n) is 4.19. The maximum atomic E-state index is 10.2. The van der Waals surface area contributed by atoms with Crippen molar-refractivity contribution in [2.75, 3.05) is 19.5 Å². The van der Waals surface area contributed by atoms with Gasteiger partial charge in [-0.2, -0.15) is 0 Å². The highest BCUT2D eigenvalue weighted by Gasteiger charge is 2.50. The van der Waals surface area contributed by atoms with Crippen LogP contribution in [0.2, 0.25) is 0 Å². The first-order valence-corrected chi connectivity index (χ1v) is 8.75. The average Bonchev–Trinajstić information content (AvgIpc) is 2.59. The minimum absolute atomic E-state index is 0.525. The van der Waals surface area contributed by atoms with Crippen molar-refractivity contribution >= 4 is 11.8 Å². The van der Waals surface area contributed by atoms with Crippen LogP contribution in [-0.2, 0) is 14.2 Å². The number of thioether (sulfide) groups is 1. The number of ether oxygens (including phenoxy) is 3. The predicted molar refractivity (Wildman–Crippen MR) is 79.9 cm³/mol. The summed E-state index contributed by atoms with van der Waals surface area (Å²) >= 11 is 1.14. The van der Waals surface area contributed by atoms with Crippen molar-refractivity contribution in [2.45, 2.75) is 60.6 Å². The van der Waals surface area contributed by atoms with Gasteiger partial charge in [-0.3, -0.25) is 0 Å². The molecule has 0 aromatic rings. The number of aliphatic hydroxyl groups excluding tert-OH is 7. The standard InChI is InChI=1S/C13H24O10S/c1-24-13-10(20)8(18)11(5(3-15)22-13)23-12-9(19)7(17)6(16)4(2-14)21-12/h4-20H,2-3H2,1H3/t4-,5-,6?,7+,8-,9?,10?,11?,12?,13+/m1/s1. The zero-order valence-electron chi connectivity index (χ0n) is 13.0. The maximum absolute atomic E-state index is 10.2. The predicted octanol–water partition coefficient (Wildman–Crippen LogP) is -4.03. The van der Waals surface area contributed by atoms with E-state index < -0.39 is 73.8 Å². The SMILES string of the molecule is CS[C@@H]1O[C@H](CO)C(OC2O[C@H](CO)C(O)[C@H](O)C2O)[C@H](O)C1O. The Bertz CT molecular complexity index is 397. The van der Waals surface area contributed by atoms with Gasteiger partial charge in [-0.25, -0.2) is 0 Å². The number of hydrogen-bond acceptors (Lipinski definition) is 11. The summed E-state index contributed by atoms with van der Waals surface area (Å²) in [6.45, 7) is -1.15. The van der Waals surface area contributed by atoms with E-state index in [4.69, 9.17) is 19.3 Å². The minimum Gasteiger partial charge on any atom is -0.394 e. The lowest BCUT2D eigenvalue weighted by atomic mass is 9.97. The van der Waals surface area contributed by atoms with E-state index in [1.165, 1.54) is 0 Å². The van der Waals surface area contributed by atoms with Crippen molar-refractivity contribution in [3.05, 3.63) is 0 Å². The molecule has 2 saturated heterocycles. The van der Waals surface area contributed by atoms with Gasteiger partial charge in [0.25, 0.3) is 0 Å². The van der Waals surface area contributed by atoms with Gasteiger partial charge >= 0.3 is 0 Å². The molecule has 2 fully saturated rings. The summed E-state index contributed by atoms with van der Waals surface area (Å²) in [5.74, 6) is 0. The highest BCUT2D eigenvalue weighted by molar-refractivity contribution is 7.99. The first-order valence-electron chi connectivity index (χ1n) is 7.46. The molecule has 0 saturated carbocycles. The molecule has 2 rings (SSSR count). The van der Waals surface area contributed by atoms with Crippen molar-refractivity contribution in [3.63, 3.8) is 0 Å². The van der Waals surface area contributed by atoms with Crippen LogP contribution in [0.15, 0.2) is 0 Å². The molecule has 0 radical (unpaired) electrons. The molecule has 142 valence electrons. The lowest BCUT2D eigenvalue weighted by Crippen LogP contribution is -2.64. The van der Waals surface area contributed by atoms with Gasteiger partial charge in [0.1, 0.15) is 54.3 Å². The fourth-order valence-corrected chi connectivity index (χ4v) is 3.44. The zero-order valence-corrected chi connectivity index (χ0v) is 13.8. The summed E-state index contributed by atoms with van der Waals surface area (Å²) in [7, 11) is 0. The molecular weight excluding hydrogens is 348 g/mol. The summed E-state index contributed by atoms with van der Waals surface area (Å²) < 4.78 is 16.0. The third-order valence-corrected chi connectivity index (χ3v) is 5.05. The Morgan fingerprint density at radius 3 is 1.96 bits per heavy atom. The second kappa shape index (κ2) is 8.56. The van der Waals surface area contributed by atoms with Crippen LogP contribution in [0.3, 0.4) is 0 Å². The van der Waals surface area contributed by atoms with Crippen molar-refractivity contribution in [1.29, 1.82) is 0 Å². The van der Waals surface area contributed by atoms with E-state index in [1.54, 1.807) is 6.26 Å². The lowest BCUT2D eigenvalue weighted by molar-refractivity contribution is -0.338. The normalized spacial score (nSPS) is 50.0. The van der Waals surface area contributed by atoms with E-state index >= 15 is 0 Å². The molecular formula is C13H24O10S. The summed E-state index contributed by atoms with van der Waals surface area (Å²) in [6.07, 6.45) is -10.9. The van der Waals surface area contributed by atoms with Gasteiger partial charge in [-0.15, -0.1) is 11.8 Å². The number of aliphatic hydroxyl groups is 7. The van der Waals surface area contributed by atoms with Crippen LogP contribution in [0.4, 0.5) is 0 Å². The monoisotopic (exact) mass is 372 g/mol. The molecule has 24 heavy (non-hydrogen) atoms. The van der Waals surface area contributed by atoms with Crippen molar-refractivity contribution in [3.8, 4) is 0 Å². The summed E-state index contributed by atoms with van der Waals surface area (Å²) in [6, 6.07) is 0. The van der Waals surface area contributed by atoms with Crippen molar-refractivity contribution in [1.82, 2.24) is 0 Å². The Hall–Kier alpha value is -0.0500. The van der Waals surface area contributed by atoms with Crippen LogP contribution in [0, 0.1) is 0 Å². The minimum atomic E-state index is -1.66. The van der Waals surface area contributed by atoms with Gasteiger partial charge in [0.05, 0.1) is 13.2 Å². The quantitative estimate of drug-likeness (QED) is 0.251. The van der Waals surface area contributed by atoms with Crippen molar-refractivity contribution < 1.29 is 50.0 Å². The van der Waals surface area contributed by atoms with Crippen LogP contribution in [-0.4, -0.2) is 116 Å². The first-order chi connectivity index (χ1) is 11.3. The molecule has 10 atom stereocenters. The highest BCUT2D eigenvalue weighted by atomic mass is 32.2. The van der Waals surface area contributed by atoms with Crippen LogP contribution in [0.1, 0.15) is 0 Å². The Kier molecular flexibility index (Phi) is 7.22. The van der Waals surface area contributed by atoms with Crippen LogP contribution in [0.25, 0.3) is 0 Å². The van der Waals surface area contributed by atoms with Gasteiger partial charge in [0.2, 0.25) is 0 Å². The molecule has 5 unspecified atom stereocenters. The largest absolute Gasteiger partial charge is 0.394 e. The fraction of sp³-hybridized carbons (Fsp3) is 1.00. The van der Waals surface area contributed by atoms with E-state index in [2.05, 4.69) is 0 Å². The van der Waals surface area contributed by atoms with E-state index in [0.29, 0.717) is 0 Å². The molecule has 2 heterocycles. The van der Waals surface area contributed by atoms with Crippen LogP contribution in [0.5, 0.6) is 0 Å². The van der Waals surface area contributed by atoms with Gasteiger partial charge in [-0.05, 0) is 6.26 Å². The van der Waals surface area contributed by atoms with Crippen molar-refractivity contribution in [2.24, 2.45) is 0 Å². The Morgan fingerprint density at radius 2 is 1.42 bits per heavy atom. The van der Waals surface area contributed by atoms with E-state index in [0.717, 1.165) is 11.8 Å².